The maximum atomic E-state index is 12.2. The molecule has 0 aliphatic heterocycles. The molecule has 0 fully saturated rings. The van der Waals surface area contributed by atoms with Crippen LogP contribution in [0, 0.1) is 6.92 Å². The predicted molar refractivity (Wildman–Crippen MR) is 79.3 cm³/mol. The van der Waals surface area contributed by atoms with Crippen molar-refractivity contribution in [1.29, 1.82) is 0 Å². The third kappa shape index (κ3) is 2.33. The molecule has 5 nitrogen and oxygen atoms in total. The Labute approximate surface area is 119 Å². The summed E-state index contributed by atoms with van der Waals surface area (Å²) >= 11 is 1.58. The predicted octanol–water partition coefficient (Wildman–Crippen LogP) is 2.47. The summed E-state index contributed by atoms with van der Waals surface area (Å²) in [5.41, 5.74) is 5.42. The highest BCUT2D eigenvalue weighted by atomic mass is 32.1. The van der Waals surface area contributed by atoms with Gasteiger partial charge in [-0.3, -0.25) is 9.20 Å². The number of rotatable bonds is 3. The summed E-state index contributed by atoms with van der Waals surface area (Å²) in [5, 5.41) is 7.87. The molecule has 1 amide bonds. The molecular formula is C14H12N4OS. The molecule has 0 radical (unpaired) electrons. The van der Waals surface area contributed by atoms with Gasteiger partial charge in [0.1, 0.15) is 11.3 Å². The Morgan fingerprint density at radius 2 is 2.35 bits per heavy atom. The molecule has 0 aliphatic carbocycles. The van der Waals surface area contributed by atoms with Gasteiger partial charge in [0.2, 0.25) is 0 Å². The van der Waals surface area contributed by atoms with Gasteiger partial charge in [-0.15, -0.1) is 0 Å². The molecule has 20 heavy (non-hydrogen) atoms. The smallest absolute Gasteiger partial charge is 0.290 e. The largest absolute Gasteiger partial charge is 0.295 e. The molecule has 0 saturated carbocycles. The number of thiophene rings is 1. The van der Waals surface area contributed by atoms with Crippen molar-refractivity contribution in [2.75, 3.05) is 0 Å². The Hall–Kier alpha value is -2.47. The minimum absolute atomic E-state index is 0.271. The molecule has 0 aliphatic rings. The number of amides is 1. The quantitative estimate of drug-likeness (QED) is 0.593. The van der Waals surface area contributed by atoms with E-state index in [9.17, 15) is 4.79 Å². The number of aryl methyl sites for hydroxylation is 1. The van der Waals surface area contributed by atoms with Crippen LogP contribution in [0.1, 0.15) is 21.7 Å². The van der Waals surface area contributed by atoms with Crippen LogP contribution in [0.3, 0.4) is 0 Å². The Morgan fingerprint density at radius 1 is 1.45 bits per heavy atom. The zero-order chi connectivity index (χ0) is 13.9. The Morgan fingerprint density at radius 3 is 3.15 bits per heavy atom. The van der Waals surface area contributed by atoms with E-state index in [4.69, 9.17) is 0 Å². The molecule has 3 rings (SSSR count). The van der Waals surface area contributed by atoms with E-state index in [2.05, 4.69) is 15.5 Å². The highest BCUT2D eigenvalue weighted by Crippen LogP contribution is 2.11. The lowest BCUT2D eigenvalue weighted by Crippen LogP contribution is -2.20. The zero-order valence-electron chi connectivity index (χ0n) is 10.8. The molecule has 3 aromatic rings. The number of aromatic nitrogens is 2. The molecular weight excluding hydrogens is 272 g/mol. The third-order valence-electron chi connectivity index (χ3n) is 2.84. The Balaban J connectivity index is 1.84. The molecule has 0 spiro atoms. The van der Waals surface area contributed by atoms with Crippen LogP contribution >= 0.6 is 11.3 Å². The van der Waals surface area contributed by atoms with E-state index in [0.29, 0.717) is 11.4 Å². The maximum Gasteiger partial charge on any atom is 0.290 e. The average molecular weight is 284 g/mol. The van der Waals surface area contributed by atoms with E-state index in [1.165, 1.54) is 0 Å². The normalized spacial score (nSPS) is 11.2. The molecule has 0 aromatic carbocycles. The lowest BCUT2D eigenvalue weighted by atomic mass is 10.3. The van der Waals surface area contributed by atoms with Crippen LogP contribution in [0.25, 0.3) is 5.65 Å². The summed E-state index contributed by atoms with van der Waals surface area (Å²) in [6.45, 7) is 1.81. The summed E-state index contributed by atoms with van der Waals surface area (Å²) in [5.74, 6) is -0.271. The molecule has 3 aromatic heterocycles. The third-order valence-corrected chi connectivity index (χ3v) is 3.54. The van der Waals surface area contributed by atoms with Crippen molar-refractivity contribution in [3.05, 3.63) is 58.2 Å². The summed E-state index contributed by atoms with van der Waals surface area (Å²) in [7, 11) is 0. The van der Waals surface area contributed by atoms with Gasteiger partial charge >= 0.3 is 0 Å². The topological polar surface area (TPSA) is 58.8 Å². The van der Waals surface area contributed by atoms with Crippen molar-refractivity contribution in [1.82, 2.24) is 14.8 Å². The zero-order valence-corrected chi connectivity index (χ0v) is 11.6. The first-order chi connectivity index (χ1) is 9.75. The molecule has 0 bridgehead atoms. The van der Waals surface area contributed by atoms with Gasteiger partial charge in [-0.2, -0.15) is 16.4 Å². The van der Waals surface area contributed by atoms with Gasteiger partial charge in [0.25, 0.3) is 5.91 Å². The van der Waals surface area contributed by atoms with Gasteiger partial charge in [-0.05, 0) is 35.9 Å². The lowest BCUT2D eigenvalue weighted by molar-refractivity contribution is 0.0948. The number of nitrogens with zero attached hydrogens (tertiary/aromatic N) is 3. The number of imidazole rings is 1. The number of pyridine rings is 1. The van der Waals surface area contributed by atoms with Crippen LogP contribution in [0.4, 0.5) is 0 Å². The van der Waals surface area contributed by atoms with Gasteiger partial charge in [-0.25, -0.2) is 10.4 Å². The summed E-state index contributed by atoms with van der Waals surface area (Å²) in [4.78, 5) is 16.5. The second kappa shape index (κ2) is 5.26. The SMILES string of the molecule is Cc1nc2ccccn2c1C(=O)N/N=C/c1ccsc1. The molecule has 100 valence electrons. The molecule has 6 heteroatoms. The van der Waals surface area contributed by atoms with Crippen molar-refractivity contribution >= 4 is 29.1 Å². The molecule has 1 N–H and O–H groups in total. The Kier molecular flexibility index (Phi) is 3.30. The van der Waals surface area contributed by atoms with Crippen molar-refractivity contribution in [3.8, 4) is 0 Å². The van der Waals surface area contributed by atoms with Crippen molar-refractivity contribution in [2.45, 2.75) is 6.92 Å². The number of hydrazone groups is 1. The van der Waals surface area contributed by atoms with Crippen molar-refractivity contribution in [3.63, 3.8) is 0 Å². The second-order valence-corrected chi connectivity index (χ2v) is 5.01. The number of carbonyl (C=O) groups excluding carboxylic acids is 1. The highest BCUT2D eigenvalue weighted by Gasteiger charge is 2.15. The first-order valence-corrected chi connectivity index (χ1v) is 6.99. The van der Waals surface area contributed by atoms with Crippen LogP contribution in [-0.2, 0) is 0 Å². The van der Waals surface area contributed by atoms with Gasteiger partial charge in [0.05, 0.1) is 11.9 Å². The van der Waals surface area contributed by atoms with Crippen molar-refractivity contribution < 1.29 is 4.79 Å². The van der Waals surface area contributed by atoms with Crippen LogP contribution in [0.15, 0.2) is 46.3 Å². The number of carbonyl (C=O) groups is 1. The summed E-state index contributed by atoms with van der Waals surface area (Å²) in [6.07, 6.45) is 3.43. The molecule has 0 atom stereocenters. The van der Waals surface area contributed by atoms with E-state index >= 15 is 0 Å². The first kappa shape index (κ1) is 12.6. The summed E-state index contributed by atoms with van der Waals surface area (Å²) < 4.78 is 1.75. The Bertz CT molecular complexity index is 774. The number of hydrogen-bond donors (Lipinski definition) is 1. The second-order valence-electron chi connectivity index (χ2n) is 4.23. The molecule has 0 unspecified atom stereocenters. The minimum atomic E-state index is -0.271. The molecule has 0 saturated heterocycles. The molecule has 3 heterocycles. The van der Waals surface area contributed by atoms with Crippen LogP contribution in [-0.4, -0.2) is 21.5 Å². The van der Waals surface area contributed by atoms with Crippen LogP contribution in [0.2, 0.25) is 0 Å². The van der Waals surface area contributed by atoms with Crippen LogP contribution in [0.5, 0.6) is 0 Å². The first-order valence-electron chi connectivity index (χ1n) is 6.05. The van der Waals surface area contributed by atoms with E-state index < -0.39 is 0 Å². The number of nitrogens with one attached hydrogen (secondary N) is 1. The number of fused-ring (bicyclic) bond motifs is 1. The lowest BCUT2D eigenvalue weighted by Gasteiger charge is -2.00. The monoisotopic (exact) mass is 284 g/mol. The fourth-order valence-electron chi connectivity index (χ4n) is 1.95. The minimum Gasteiger partial charge on any atom is -0.295 e. The van der Waals surface area contributed by atoms with E-state index in [1.807, 2.05) is 48.1 Å². The van der Waals surface area contributed by atoms with Crippen molar-refractivity contribution in [2.24, 2.45) is 5.10 Å². The summed E-state index contributed by atoms with van der Waals surface area (Å²) in [6, 6.07) is 7.54. The van der Waals surface area contributed by atoms with Gasteiger partial charge < -0.3 is 0 Å². The van der Waals surface area contributed by atoms with Gasteiger partial charge in [0, 0.05) is 11.8 Å². The average Bonchev–Trinajstić information content (AvgIpc) is 3.04. The van der Waals surface area contributed by atoms with E-state index in [1.54, 1.807) is 22.0 Å². The fraction of sp³-hybridized carbons (Fsp3) is 0.0714. The van der Waals surface area contributed by atoms with Gasteiger partial charge in [0.15, 0.2) is 0 Å². The number of hydrogen-bond acceptors (Lipinski definition) is 4. The standard InChI is InChI=1S/C14H12N4OS/c1-10-13(18-6-3-2-4-12(18)16-10)14(19)17-15-8-11-5-7-20-9-11/h2-9H,1H3,(H,17,19)/b15-8+. The fourth-order valence-corrected chi connectivity index (χ4v) is 2.56. The van der Waals surface area contributed by atoms with Crippen LogP contribution < -0.4 is 5.43 Å². The maximum absolute atomic E-state index is 12.2. The van der Waals surface area contributed by atoms with Gasteiger partial charge in [-0.1, -0.05) is 6.07 Å². The van der Waals surface area contributed by atoms with E-state index in [0.717, 1.165) is 11.2 Å². The highest BCUT2D eigenvalue weighted by molar-refractivity contribution is 7.08. The van der Waals surface area contributed by atoms with E-state index in [-0.39, 0.29) is 5.91 Å².